The second-order valence-electron chi connectivity index (χ2n) is 5.67. The summed E-state index contributed by atoms with van der Waals surface area (Å²) in [4.78, 5) is 0. The average molecular weight is 242 g/mol. The number of halogens is 2. The summed E-state index contributed by atoms with van der Waals surface area (Å²) in [5.74, 6) is -1.70. The van der Waals surface area contributed by atoms with Crippen LogP contribution in [0.4, 0.5) is 8.78 Å². The monoisotopic (exact) mass is 242 g/mol. The largest absolute Gasteiger partial charge is 0.393 e. The van der Waals surface area contributed by atoms with Gasteiger partial charge in [0.2, 0.25) is 0 Å². The standard InChI is InChI=1S/C14H20F2O/c1-14(2,3)8-7-11(17)9-10-5-4-6-12(15)13(10)16/h4-6,11,17H,7-9H2,1-3H3. The van der Waals surface area contributed by atoms with Crippen molar-refractivity contribution in [2.24, 2.45) is 5.41 Å². The third kappa shape index (κ3) is 4.82. The van der Waals surface area contributed by atoms with Crippen LogP contribution in [0.2, 0.25) is 0 Å². The van der Waals surface area contributed by atoms with Gasteiger partial charge in [-0.1, -0.05) is 32.9 Å². The van der Waals surface area contributed by atoms with E-state index in [1.165, 1.54) is 12.1 Å². The van der Waals surface area contributed by atoms with E-state index in [9.17, 15) is 13.9 Å². The number of rotatable bonds is 4. The molecule has 1 unspecified atom stereocenters. The fourth-order valence-electron chi connectivity index (χ4n) is 1.66. The molecule has 17 heavy (non-hydrogen) atoms. The highest BCUT2D eigenvalue weighted by Gasteiger charge is 2.16. The maximum Gasteiger partial charge on any atom is 0.162 e. The fourth-order valence-corrected chi connectivity index (χ4v) is 1.66. The van der Waals surface area contributed by atoms with Gasteiger partial charge in [-0.15, -0.1) is 0 Å². The van der Waals surface area contributed by atoms with Gasteiger partial charge in [-0.3, -0.25) is 0 Å². The SMILES string of the molecule is CC(C)(C)CCC(O)Cc1cccc(F)c1F. The molecule has 96 valence electrons. The summed E-state index contributed by atoms with van der Waals surface area (Å²) in [5, 5.41) is 9.79. The molecule has 0 radical (unpaired) electrons. The normalized spacial score (nSPS) is 13.8. The van der Waals surface area contributed by atoms with E-state index in [2.05, 4.69) is 20.8 Å². The molecule has 0 bridgehead atoms. The highest BCUT2D eigenvalue weighted by molar-refractivity contribution is 5.19. The van der Waals surface area contributed by atoms with Crippen molar-refractivity contribution in [3.63, 3.8) is 0 Å². The van der Waals surface area contributed by atoms with Gasteiger partial charge < -0.3 is 5.11 Å². The maximum atomic E-state index is 13.4. The molecule has 0 spiro atoms. The quantitative estimate of drug-likeness (QED) is 0.853. The van der Waals surface area contributed by atoms with Crippen LogP contribution < -0.4 is 0 Å². The van der Waals surface area contributed by atoms with E-state index >= 15 is 0 Å². The lowest BCUT2D eigenvalue weighted by atomic mass is 9.88. The van der Waals surface area contributed by atoms with E-state index in [0.717, 1.165) is 12.5 Å². The summed E-state index contributed by atoms with van der Waals surface area (Å²) in [5.41, 5.74) is 0.382. The van der Waals surface area contributed by atoms with Crippen molar-refractivity contribution < 1.29 is 13.9 Å². The van der Waals surface area contributed by atoms with Crippen LogP contribution in [0.5, 0.6) is 0 Å². The smallest absolute Gasteiger partial charge is 0.162 e. The van der Waals surface area contributed by atoms with Gasteiger partial charge >= 0.3 is 0 Å². The average Bonchev–Trinajstić information content (AvgIpc) is 2.21. The van der Waals surface area contributed by atoms with E-state index < -0.39 is 17.7 Å². The lowest BCUT2D eigenvalue weighted by Gasteiger charge is -2.20. The molecule has 0 saturated carbocycles. The van der Waals surface area contributed by atoms with Crippen LogP contribution >= 0.6 is 0 Å². The van der Waals surface area contributed by atoms with Crippen LogP contribution in [-0.2, 0) is 6.42 Å². The van der Waals surface area contributed by atoms with Gasteiger partial charge in [-0.05, 0) is 29.9 Å². The van der Waals surface area contributed by atoms with E-state index in [0.29, 0.717) is 6.42 Å². The molecular formula is C14H20F2O. The minimum atomic E-state index is -0.856. The Hall–Kier alpha value is -0.960. The molecule has 1 aromatic carbocycles. The van der Waals surface area contributed by atoms with Crippen molar-refractivity contribution >= 4 is 0 Å². The Morgan fingerprint density at radius 1 is 1.24 bits per heavy atom. The van der Waals surface area contributed by atoms with E-state index in [1.807, 2.05) is 0 Å². The fraction of sp³-hybridized carbons (Fsp3) is 0.571. The minimum absolute atomic E-state index is 0.140. The van der Waals surface area contributed by atoms with E-state index in [4.69, 9.17) is 0 Å². The van der Waals surface area contributed by atoms with Crippen LogP contribution in [0.1, 0.15) is 39.2 Å². The summed E-state index contributed by atoms with van der Waals surface area (Å²) in [6.45, 7) is 6.26. The predicted molar refractivity (Wildman–Crippen MR) is 64.8 cm³/mol. The number of hydrogen-bond acceptors (Lipinski definition) is 1. The molecule has 0 aliphatic rings. The highest BCUT2D eigenvalue weighted by atomic mass is 19.2. The van der Waals surface area contributed by atoms with Gasteiger partial charge in [0.25, 0.3) is 0 Å². The van der Waals surface area contributed by atoms with Crippen molar-refractivity contribution in [1.29, 1.82) is 0 Å². The molecule has 0 aromatic heterocycles. The Balaban J connectivity index is 2.56. The van der Waals surface area contributed by atoms with Crippen LogP contribution in [0.3, 0.4) is 0 Å². The summed E-state index contributed by atoms with van der Waals surface area (Å²) in [7, 11) is 0. The second-order valence-corrected chi connectivity index (χ2v) is 5.67. The Morgan fingerprint density at radius 3 is 2.47 bits per heavy atom. The third-order valence-corrected chi connectivity index (χ3v) is 2.71. The van der Waals surface area contributed by atoms with Gasteiger partial charge in [0, 0.05) is 6.42 Å². The molecule has 1 aromatic rings. The molecule has 1 nitrogen and oxygen atoms in total. The Kier molecular flexibility index (Phi) is 4.63. The molecular weight excluding hydrogens is 222 g/mol. The summed E-state index contributed by atoms with van der Waals surface area (Å²) >= 11 is 0. The predicted octanol–water partition coefficient (Wildman–Crippen LogP) is 3.69. The zero-order valence-electron chi connectivity index (χ0n) is 10.6. The highest BCUT2D eigenvalue weighted by Crippen LogP contribution is 2.23. The van der Waals surface area contributed by atoms with Gasteiger partial charge in [0.1, 0.15) is 0 Å². The van der Waals surface area contributed by atoms with Crippen LogP contribution in [-0.4, -0.2) is 11.2 Å². The van der Waals surface area contributed by atoms with Crippen LogP contribution in [0, 0.1) is 17.0 Å². The first-order valence-electron chi connectivity index (χ1n) is 5.90. The first-order valence-corrected chi connectivity index (χ1v) is 5.90. The minimum Gasteiger partial charge on any atom is -0.393 e. The number of hydrogen-bond donors (Lipinski definition) is 1. The Morgan fingerprint density at radius 2 is 1.88 bits per heavy atom. The van der Waals surface area contributed by atoms with Gasteiger partial charge in [0.05, 0.1) is 6.10 Å². The third-order valence-electron chi connectivity index (χ3n) is 2.71. The summed E-state index contributed by atoms with van der Waals surface area (Å²) in [6.07, 6.45) is 0.995. The van der Waals surface area contributed by atoms with Crippen molar-refractivity contribution in [2.75, 3.05) is 0 Å². The Bertz CT molecular complexity index is 369. The van der Waals surface area contributed by atoms with Crippen LogP contribution in [0.25, 0.3) is 0 Å². The molecule has 1 N–H and O–H groups in total. The molecule has 0 aliphatic carbocycles. The van der Waals surface area contributed by atoms with E-state index in [1.54, 1.807) is 0 Å². The molecule has 0 amide bonds. The summed E-state index contributed by atoms with van der Waals surface area (Å²) in [6, 6.07) is 4.06. The zero-order valence-corrected chi connectivity index (χ0v) is 10.6. The number of aliphatic hydroxyl groups is 1. The molecule has 3 heteroatoms. The first-order chi connectivity index (χ1) is 7.79. The Labute approximate surface area is 101 Å². The molecule has 0 heterocycles. The van der Waals surface area contributed by atoms with Crippen molar-refractivity contribution in [1.82, 2.24) is 0 Å². The van der Waals surface area contributed by atoms with Crippen LogP contribution in [0.15, 0.2) is 18.2 Å². The lowest BCUT2D eigenvalue weighted by Crippen LogP contribution is -2.16. The molecule has 1 atom stereocenters. The van der Waals surface area contributed by atoms with Crippen molar-refractivity contribution in [3.05, 3.63) is 35.4 Å². The van der Waals surface area contributed by atoms with Crippen molar-refractivity contribution in [3.8, 4) is 0 Å². The topological polar surface area (TPSA) is 20.2 Å². The van der Waals surface area contributed by atoms with Gasteiger partial charge in [-0.2, -0.15) is 0 Å². The van der Waals surface area contributed by atoms with Gasteiger partial charge in [0.15, 0.2) is 11.6 Å². The van der Waals surface area contributed by atoms with E-state index in [-0.39, 0.29) is 17.4 Å². The summed E-state index contributed by atoms with van der Waals surface area (Å²) < 4.78 is 26.3. The zero-order chi connectivity index (χ0) is 13.1. The number of aliphatic hydroxyl groups excluding tert-OH is 1. The molecule has 0 fully saturated rings. The second kappa shape index (κ2) is 5.58. The molecule has 0 aliphatic heterocycles. The van der Waals surface area contributed by atoms with Gasteiger partial charge in [-0.25, -0.2) is 8.78 Å². The molecule has 0 saturated heterocycles. The van der Waals surface area contributed by atoms with Crippen molar-refractivity contribution in [2.45, 2.75) is 46.1 Å². The maximum absolute atomic E-state index is 13.4. The molecule has 1 rings (SSSR count). The lowest BCUT2D eigenvalue weighted by molar-refractivity contribution is 0.144. The first kappa shape index (κ1) is 14.1. The number of benzene rings is 1.